The smallest absolute Gasteiger partial charge is 0.309 e. The van der Waals surface area contributed by atoms with E-state index in [1.54, 1.807) is 0 Å². The van der Waals surface area contributed by atoms with E-state index in [0.29, 0.717) is 0 Å². The van der Waals surface area contributed by atoms with Crippen LogP contribution >= 0.6 is 0 Å². The third kappa shape index (κ3) is 8.56. The number of Topliss-reactive ketones (excluding diaryl/α,β-unsaturated/α-hetero) is 2. The van der Waals surface area contributed by atoms with Crippen LogP contribution in [0, 0.1) is 23.2 Å². The Morgan fingerprint density at radius 3 is 1.69 bits per heavy atom. The first-order chi connectivity index (χ1) is 21.9. The lowest BCUT2D eigenvalue weighted by atomic mass is 9.72. The highest BCUT2D eigenvalue weighted by molar-refractivity contribution is 5.96. The summed E-state index contributed by atoms with van der Waals surface area (Å²) in [6.45, 7) is 18.0. The van der Waals surface area contributed by atoms with E-state index in [-0.39, 0.29) is 5.57 Å². The van der Waals surface area contributed by atoms with Crippen LogP contribution in [0.3, 0.4) is 0 Å². The van der Waals surface area contributed by atoms with Crippen LogP contribution in [0.4, 0.5) is 0 Å². The second-order valence-electron chi connectivity index (χ2n) is 13.4. The van der Waals surface area contributed by atoms with Crippen molar-refractivity contribution < 1.29 is 66.8 Å². The molecule has 1 fully saturated rings. The highest BCUT2D eigenvalue weighted by Crippen LogP contribution is 2.54. The summed E-state index contributed by atoms with van der Waals surface area (Å²) in [5, 5.41) is 0. The van der Waals surface area contributed by atoms with E-state index in [2.05, 4.69) is 6.58 Å². The Balaban J connectivity index is 3.22. The number of esters is 6. The summed E-state index contributed by atoms with van der Waals surface area (Å²) in [4.78, 5) is 105. The minimum atomic E-state index is -2.35. The van der Waals surface area contributed by atoms with Gasteiger partial charge >= 0.3 is 35.8 Å². The van der Waals surface area contributed by atoms with Crippen molar-refractivity contribution in [2.45, 2.75) is 118 Å². The first-order valence-electron chi connectivity index (χ1n) is 15.5. The van der Waals surface area contributed by atoms with Crippen molar-refractivity contribution in [3.63, 3.8) is 0 Å². The number of hydrogen-bond acceptors (Lipinski definition) is 14. The molecule has 0 aromatic carbocycles. The predicted molar refractivity (Wildman–Crippen MR) is 165 cm³/mol. The first-order valence-corrected chi connectivity index (χ1v) is 15.5. The highest BCUT2D eigenvalue weighted by Gasteiger charge is 2.72. The van der Waals surface area contributed by atoms with Crippen molar-refractivity contribution in [2.75, 3.05) is 0 Å². The fraction of sp³-hybridized carbons (Fsp3) is 0.647. The molecule has 0 radical (unpaired) electrons. The van der Waals surface area contributed by atoms with Gasteiger partial charge < -0.3 is 28.4 Å². The average molecular weight is 679 g/mol. The van der Waals surface area contributed by atoms with Gasteiger partial charge in [0.25, 0.3) is 0 Å². The molecular formula is C34H46O14. The van der Waals surface area contributed by atoms with Gasteiger partial charge in [-0.1, -0.05) is 39.5 Å². The van der Waals surface area contributed by atoms with E-state index < -0.39 is 113 Å². The Morgan fingerprint density at radius 1 is 0.729 bits per heavy atom. The number of hydrogen-bond donors (Lipinski definition) is 0. The van der Waals surface area contributed by atoms with E-state index in [1.807, 2.05) is 0 Å². The zero-order valence-electron chi connectivity index (χ0n) is 29.3. The van der Waals surface area contributed by atoms with Gasteiger partial charge in [0, 0.05) is 57.9 Å². The molecule has 48 heavy (non-hydrogen) atoms. The standard InChI is InChI=1S/C34H46O14/c1-16(2)31(42)46-27-26(44-20(6)36)18(4)25(43-19(5)35)24-30(45-21(7)37)33(12,47-22(8)38)15-34(24,48-23(9)39)28(40)17(3)13-14-32(10,11)29(27)41/h13-14,16-17,24-27,30H,4,15H2,1-3,5-12H3/b14-13+/t17-,24-,25-,26-,27-,30+,33+,34+/m0/s1. The third-order valence-corrected chi connectivity index (χ3v) is 8.23. The van der Waals surface area contributed by atoms with Gasteiger partial charge in [-0.2, -0.15) is 0 Å². The van der Waals surface area contributed by atoms with Gasteiger partial charge in [-0.05, 0) is 20.8 Å². The van der Waals surface area contributed by atoms with Gasteiger partial charge in [0.2, 0.25) is 6.10 Å². The van der Waals surface area contributed by atoms with E-state index in [9.17, 15) is 38.4 Å². The van der Waals surface area contributed by atoms with E-state index in [4.69, 9.17) is 28.4 Å². The minimum absolute atomic E-state index is 0.387. The Bertz CT molecular complexity index is 1410. The first kappa shape index (κ1) is 39.8. The van der Waals surface area contributed by atoms with Crippen LogP contribution < -0.4 is 0 Å². The Labute approximate surface area is 279 Å². The van der Waals surface area contributed by atoms with Crippen LogP contribution in [0.5, 0.6) is 0 Å². The van der Waals surface area contributed by atoms with E-state index in [1.165, 1.54) is 53.7 Å². The molecule has 0 aliphatic heterocycles. The quantitative estimate of drug-likeness (QED) is 0.217. The molecule has 2 aliphatic carbocycles. The molecular weight excluding hydrogens is 632 g/mol. The molecule has 0 aromatic heterocycles. The summed E-state index contributed by atoms with van der Waals surface area (Å²) in [5.41, 5.74) is -6.09. The van der Waals surface area contributed by atoms with E-state index in [0.717, 1.165) is 34.6 Å². The van der Waals surface area contributed by atoms with Crippen LogP contribution in [0.25, 0.3) is 0 Å². The van der Waals surface area contributed by atoms with Gasteiger partial charge in [0.1, 0.15) is 6.10 Å². The number of fused-ring (bicyclic) bond motifs is 1. The molecule has 2 rings (SSSR count). The Kier molecular flexibility index (Phi) is 12.3. The number of rotatable bonds is 7. The zero-order valence-corrected chi connectivity index (χ0v) is 29.3. The van der Waals surface area contributed by atoms with E-state index >= 15 is 0 Å². The molecule has 0 bridgehead atoms. The summed E-state index contributed by atoms with van der Waals surface area (Å²) >= 11 is 0. The monoisotopic (exact) mass is 678 g/mol. The normalized spacial score (nSPS) is 32.5. The SMILES string of the molecule is C=C1[C@H](OC(C)=O)[C@H]2[C@@H](OC(C)=O)[C@](C)(OC(C)=O)C[C@]2(OC(C)=O)C(=O)[C@@H](C)/C=C/C(C)(C)C(=O)[C@@H](OC(=O)C(C)C)[C@H]1OC(C)=O. The zero-order chi connectivity index (χ0) is 37.1. The predicted octanol–water partition coefficient (Wildman–Crippen LogP) is 2.92. The number of ether oxygens (including phenoxy) is 6. The maximum atomic E-state index is 14.7. The lowest BCUT2D eigenvalue weighted by Gasteiger charge is -2.42. The Hall–Kier alpha value is -4.36. The molecule has 0 heterocycles. The topological polar surface area (TPSA) is 192 Å². The van der Waals surface area contributed by atoms with Gasteiger partial charge in [0.15, 0.2) is 35.0 Å². The lowest BCUT2D eigenvalue weighted by Crippen LogP contribution is -2.58. The summed E-state index contributed by atoms with van der Waals surface area (Å²) in [5.74, 6) is -10.6. The molecule has 0 spiro atoms. The maximum absolute atomic E-state index is 14.7. The number of ketones is 2. The van der Waals surface area contributed by atoms with Crippen LogP contribution in [0.1, 0.15) is 82.6 Å². The van der Waals surface area contributed by atoms with Crippen molar-refractivity contribution in [2.24, 2.45) is 23.2 Å². The highest BCUT2D eigenvalue weighted by atomic mass is 16.6. The summed E-state index contributed by atoms with van der Waals surface area (Å²) in [6, 6.07) is 0. The van der Waals surface area contributed by atoms with Crippen molar-refractivity contribution in [3.8, 4) is 0 Å². The molecule has 2 aliphatic rings. The van der Waals surface area contributed by atoms with Crippen LogP contribution in [-0.4, -0.2) is 83.0 Å². The second-order valence-corrected chi connectivity index (χ2v) is 13.4. The van der Waals surface area contributed by atoms with Gasteiger partial charge in [-0.25, -0.2) is 0 Å². The molecule has 1 saturated carbocycles. The van der Waals surface area contributed by atoms with Gasteiger partial charge in [-0.15, -0.1) is 0 Å². The number of allylic oxidation sites excluding steroid dienone is 2. The molecule has 266 valence electrons. The molecule has 0 unspecified atom stereocenters. The van der Waals surface area contributed by atoms with Crippen LogP contribution in [0.2, 0.25) is 0 Å². The Morgan fingerprint density at radius 2 is 1.23 bits per heavy atom. The summed E-state index contributed by atoms with van der Waals surface area (Å²) in [6.07, 6.45) is -5.03. The molecule has 0 saturated heterocycles. The van der Waals surface area contributed by atoms with Crippen molar-refractivity contribution in [1.82, 2.24) is 0 Å². The average Bonchev–Trinajstić information content (AvgIpc) is 3.15. The molecule has 14 heteroatoms. The third-order valence-electron chi connectivity index (χ3n) is 8.23. The largest absolute Gasteiger partial charge is 0.458 e. The van der Waals surface area contributed by atoms with Crippen LogP contribution in [0.15, 0.2) is 24.3 Å². The molecule has 0 amide bonds. The summed E-state index contributed by atoms with van der Waals surface area (Å²) < 4.78 is 34.2. The van der Waals surface area contributed by atoms with Crippen molar-refractivity contribution in [3.05, 3.63) is 24.3 Å². The fourth-order valence-electron chi connectivity index (χ4n) is 6.28. The minimum Gasteiger partial charge on any atom is -0.458 e. The number of carbonyl (C=O) groups is 8. The summed E-state index contributed by atoms with van der Waals surface area (Å²) in [7, 11) is 0. The maximum Gasteiger partial charge on any atom is 0.309 e. The van der Waals surface area contributed by atoms with Gasteiger partial charge in [-0.3, -0.25) is 38.4 Å². The van der Waals surface area contributed by atoms with Crippen LogP contribution in [-0.2, 0) is 66.8 Å². The van der Waals surface area contributed by atoms with Crippen molar-refractivity contribution in [1.29, 1.82) is 0 Å². The molecule has 14 nitrogen and oxygen atoms in total. The molecule has 8 atom stereocenters. The molecule has 0 aromatic rings. The lowest BCUT2D eigenvalue weighted by molar-refractivity contribution is -0.191. The fourth-order valence-corrected chi connectivity index (χ4v) is 6.28. The van der Waals surface area contributed by atoms with Crippen molar-refractivity contribution >= 4 is 47.4 Å². The van der Waals surface area contributed by atoms with Gasteiger partial charge in [0.05, 0.1) is 11.8 Å². The molecule has 0 N–H and O–H groups in total. The second kappa shape index (κ2) is 14.8. The number of carbonyl (C=O) groups excluding carboxylic acids is 8.